The van der Waals surface area contributed by atoms with E-state index in [4.69, 9.17) is 32.4 Å². The topological polar surface area (TPSA) is 130 Å². The Hall–Kier alpha value is -6.06. The summed E-state index contributed by atoms with van der Waals surface area (Å²) < 4.78 is 84.9. The molecule has 4 amide bonds. The fourth-order valence-electron chi connectivity index (χ4n) is 8.82. The molecule has 300 valence electrons. The summed E-state index contributed by atoms with van der Waals surface area (Å²) in [5, 5.41) is 10.1. The molecule has 3 fully saturated rings. The first-order chi connectivity index (χ1) is 28.1. The highest BCUT2D eigenvalue weighted by Gasteiger charge is 2.76. The molecule has 1 saturated carbocycles. The maximum atomic E-state index is 15.3. The number of alkyl halides is 2. The lowest BCUT2D eigenvalue weighted by Crippen LogP contribution is -2.60. The van der Waals surface area contributed by atoms with Gasteiger partial charge in [0.15, 0.2) is 50.1 Å². The average Bonchev–Trinajstić information content (AvgIpc) is 3.83. The number of hydrogen-bond donors (Lipinski definition) is 1. The molecule has 2 aliphatic carbocycles. The zero-order valence-electron chi connectivity index (χ0n) is 30.2. The molecule has 2 saturated heterocycles. The highest BCUT2D eigenvalue weighted by Crippen LogP contribution is 2.64. The second-order valence-electron chi connectivity index (χ2n) is 14.6. The summed E-state index contributed by atoms with van der Waals surface area (Å²) in [5.74, 6) is -21.3. The molecule has 1 N–H and O–H groups in total. The number of nitrogens with zero attached hydrogens (tertiary/aromatic N) is 3. The Labute approximate surface area is 340 Å². The van der Waals surface area contributed by atoms with E-state index < -0.39 is 98.2 Å². The molecule has 17 heteroatoms. The van der Waals surface area contributed by atoms with Crippen molar-refractivity contribution in [3.8, 4) is 23.0 Å². The number of phenols is 1. The average molecular weight is 851 g/mol. The molecule has 2 aliphatic heterocycles. The number of methoxy groups -OCH3 is 1. The van der Waals surface area contributed by atoms with E-state index in [0.29, 0.717) is 28.1 Å². The summed E-state index contributed by atoms with van der Waals surface area (Å²) in [6, 6.07) is 17.7. The number of rotatable bonds is 6. The quantitative estimate of drug-likeness (QED) is 0.0452. The van der Waals surface area contributed by atoms with Gasteiger partial charge in [-0.2, -0.15) is 0 Å². The number of hydrogen-bond acceptors (Lipinski definition) is 8. The van der Waals surface area contributed by atoms with E-state index >= 15 is 8.78 Å². The van der Waals surface area contributed by atoms with E-state index in [1.165, 1.54) is 49.6 Å². The predicted octanol–water partition coefficient (Wildman–Crippen LogP) is 8.22. The van der Waals surface area contributed by atoms with Crippen LogP contribution >= 0.6 is 23.2 Å². The standard InChI is InChI=1S/C42H26Cl2F5N3O7/c1-58-28-16-18(7-15-26(28)53)6-14-24-21-12-13-22-29(38(55)51(37(22)54)20-10-8-19(9-11-20)36-50-25-4-2-3-5-27(25)59-36)23(21)17-41(43)39(56)52(40(57)42(24,41)44)35-33(48)31(46)30(45)32(47)34(35)49/h2-12,14-16,22-24,29,53H,13,17H2,1H3/t22-,23+,24-,29-,41+,42-/m0/s1. The van der Waals surface area contributed by atoms with Gasteiger partial charge in [0.25, 0.3) is 11.8 Å². The summed E-state index contributed by atoms with van der Waals surface area (Å²) >= 11 is 14.3. The molecule has 59 heavy (non-hydrogen) atoms. The van der Waals surface area contributed by atoms with Gasteiger partial charge in [-0.1, -0.05) is 42.0 Å². The number of aromatic nitrogens is 1. The SMILES string of the molecule is COc1cc(C=C[C@H]2C3=CC[C@@H]4C(=O)N(c5ccc(-c6nc7ccccc7o6)cc5)C(=O)[C@@H]4[C@@H]3C[C@@]3(Cl)C(=O)N(c4c(F)c(F)c(F)c(F)c4F)C(=O)[C@@]23Cl)ccc1O. The number of carbonyl (C=O) groups is 4. The van der Waals surface area contributed by atoms with Crippen LogP contribution in [-0.2, 0) is 19.2 Å². The number of benzene rings is 4. The fourth-order valence-corrected chi connectivity index (χ4v) is 9.71. The van der Waals surface area contributed by atoms with Gasteiger partial charge in [0.2, 0.25) is 23.5 Å². The van der Waals surface area contributed by atoms with E-state index in [1.54, 1.807) is 36.4 Å². The number of amides is 4. The number of phenolic OH excluding ortho intramolecular Hbond substituents is 1. The highest BCUT2D eigenvalue weighted by atomic mass is 35.5. The van der Waals surface area contributed by atoms with Gasteiger partial charge < -0.3 is 14.3 Å². The summed E-state index contributed by atoms with van der Waals surface area (Å²) in [6.45, 7) is 0. The van der Waals surface area contributed by atoms with Crippen molar-refractivity contribution in [2.75, 3.05) is 16.9 Å². The van der Waals surface area contributed by atoms with Crippen LogP contribution in [0, 0.1) is 52.8 Å². The Morgan fingerprint density at radius 1 is 0.847 bits per heavy atom. The number of oxazole rings is 1. The summed E-state index contributed by atoms with van der Waals surface area (Å²) in [4.78, 5) is 57.3. The lowest BCUT2D eigenvalue weighted by Gasteiger charge is -2.49. The predicted molar refractivity (Wildman–Crippen MR) is 203 cm³/mol. The highest BCUT2D eigenvalue weighted by molar-refractivity contribution is 6.58. The van der Waals surface area contributed by atoms with Crippen LogP contribution in [0.1, 0.15) is 18.4 Å². The maximum Gasteiger partial charge on any atom is 0.258 e. The maximum absolute atomic E-state index is 15.3. The van der Waals surface area contributed by atoms with Crippen LogP contribution < -0.4 is 14.5 Å². The van der Waals surface area contributed by atoms with Gasteiger partial charge in [0.05, 0.1) is 24.6 Å². The number of ether oxygens (including phenoxy) is 1. The Bertz CT molecular complexity index is 2700. The number of halogens is 7. The Morgan fingerprint density at radius 3 is 2.20 bits per heavy atom. The lowest BCUT2D eigenvalue weighted by atomic mass is 9.57. The van der Waals surface area contributed by atoms with Gasteiger partial charge in [0, 0.05) is 11.5 Å². The van der Waals surface area contributed by atoms with Gasteiger partial charge in [-0.15, -0.1) is 23.2 Å². The van der Waals surface area contributed by atoms with Crippen LogP contribution in [0.5, 0.6) is 11.5 Å². The van der Waals surface area contributed by atoms with Gasteiger partial charge in [0.1, 0.15) is 11.2 Å². The van der Waals surface area contributed by atoms with E-state index in [-0.39, 0.29) is 34.1 Å². The van der Waals surface area contributed by atoms with Crippen molar-refractivity contribution in [3.05, 3.63) is 119 Å². The first kappa shape index (κ1) is 38.5. The third kappa shape index (κ3) is 5.33. The molecule has 0 spiro atoms. The second kappa shape index (κ2) is 13.5. The minimum Gasteiger partial charge on any atom is -0.504 e. The first-order valence-electron chi connectivity index (χ1n) is 18.0. The van der Waals surface area contributed by atoms with Crippen molar-refractivity contribution in [2.45, 2.75) is 22.6 Å². The largest absolute Gasteiger partial charge is 0.504 e. The number of fused-ring (bicyclic) bond motifs is 5. The smallest absolute Gasteiger partial charge is 0.258 e. The molecular formula is C42H26Cl2F5N3O7. The molecule has 9 rings (SSSR count). The van der Waals surface area contributed by atoms with E-state index in [9.17, 15) is 37.5 Å². The summed E-state index contributed by atoms with van der Waals surface area (Å²) in [5.41, 5.74) is 0.723. The number of imide groups is 2. The van der Waals surface area contributed by atoms with Crippen LogP contribution in [0.25, 0.3) is 28.6 Å². The third-order valence-corrected chi connectivity index (χ3v) is 13.1. The number of anilines is 2. The zero-order chi connectivity index (χ0) is 41.9. The minimum atomic E-state index is -2.68. The van der Waals surface area contributed by atoms with Crippen molar-refractivity contribution >= 4 is 75.4 Å². The minimum absolute atomic E-state index is 0.0400. The molecule has 3 heterocycles. The van der Waals surface area contributed by atoms with Crippen LogP contribution in [0.2, 0.25) is 0 Å². The molecular weight excluding hydrogens is 824 g/mol. The van der Waals surface area contributed by atoms with E-state index in [2.05, 4.69) is 4.98 Å². The number of para-hydroxylation sites is 2. The summed E-state index contributed by atoms with van der Waals surface area (Å²) in [6.07, 6.45) is 3.67. The number of allylic oxidation sites excluding steroid dienone is 3. The van der Waals surface area contributed by atoms with Crippen LogP contribution in [0.4, 0.5) is 33.3 Å². The Kier molecular flexibility index (Phi) is 8.80. The second-order valence-corrected chi connectivity index (χ2v) is 15.8. The molecule has 0 bridgehead atoms. The molecule has 5 aromatic rings. The Balaban J connectivity index is 1.13. The van der Waals surface area contributed by atoms with Crippen molar-refractivity contribution in [1.82, 2.24) is 4.98 Å². The van der Waals surface area contributed by atoms with Crippen LogP contribution in [0.15, 0.2) is 88.9 Å². The lowest BCUT2D eigenvalue weighted by molar-refractivity contribution is -0.125. The zero-order valence-corrected chi connectivity index (χ0v) is 31.7. The molecule has 4 aromatic carbocycles. The van der Waals surface area contributed by atoms with Gasteiger partial charge >= 0.3 is 0 Å². The molecule has 6 atom stereocenters. The van der Waals surface area contributed by atoms with Gasteiger partial charge in [-0.3, -0.25) is 24.1 Å². The van der Waals surface area contributed by atoms with E-state index in [0.717, 1.165) is 4.90 Å². The van der Waals surface area contributed by atoms with Gasteiger partial charge in [-0.05, 0) is 72.9 Å². The molecule has 4 aliphatic rings. The fraction of sp³-hybridized carbons (Fsp3) is 0.214. The molecule has 0 radical (unpaired) electrons. The monoisotopic (exact) mass is 849 g/mol. The van der Waals surface area contributed by atoms with E-state index in [1.807, 2.05) is 6.07 Å². The normalized spacial score (nSPS) is 26.5. The Morgan fingerprint density at radius 2 is 1.53 bits per heavy atom. The van der Waals surface area contributed by atoms with Crippen LogP contribution in [-0.4, -0.2) is 50.6 Å². The number of carbonyl (C=O) groups excluding carboxylic acids is 4. The third-order valence-electron chi connectivity index (χ3n) is 11.6. The number of aromatic hydroxyl groups is 1. The van der Waals surface area contributed by atoms with Crippen LogP contribution in [0.3, 0.4) is 0 Å². The molecule has 0 unspecified atom stereocenters. The van der Waals surface area contributed by atoms with Gasteiger partial charge in [-0.25, -0.2) is 31.8 Å². The summed E-state index contributed by atoms with van der Waals surface area (Å²) in [7, 11) is 1.31. The molecule has 10 nitrogen and oxygen atoms in total. The molecule has 1 aromatic heterocycles. The van der Waals surface area contributed by atoms with Crippen molar-refractivity contribution in [2.24, 2.45) is 23.7 Å². The van der Waals surface area contributed by atoms with Crippen molar-refractivity contribution in [1.29, 1.82) is 0 Å². The van der Waals surface area contributed by atoms with Crippen molar-refractivity contribution in [3.63, 3.8) is 0 Å². The first-order valence-corrected chi connectivity index (χ1v) is 18.7. The van der Waals surface area contributed by atoms with Crippen molar-refractivity contribution < 1.29 is 55.4 Å².